The lowest BCUT2D eigenvalue weighted by atomic mass is 10.1. The van der Waals surface area contributed by atoms with Crippen LogP contribution >= 0.6 is 0 Å². The van der Waals surface area contributed by atoms with Crippen LogP contribution in [0.25, 0.3) is 10.9 Å². The number of hydrogen-bond acceptors (Lipinski definition) is 5. The maximum atomic E-state index is 12.2. The molecule has 2 heterocycles. The standard InChI is InChI=1S/C24H29N5O2/c30-24(26-12-11-25-23-10-9-19-5-3-4-8-22(19)28-23)27-17-20-6-1-2-7-21(20)18-29-13-15-31-16-14-29/h1-10H,11-18H2,(H,25,28)(H2,26,27,30). The van der Waals surface area contributed by atoms with Crippen molar-refractivity contribution in [3.63, 3.8) is 0 Å². The van der Waals surface area contributed by atoms with Crippen molar-refractivity contribution in [3.05, 3.63) is 71.8 Å². The number of benzene rings is 2. The summed E-state index contributed by atoms with van der Waals surface area (Å²) in [5, 5.41) is 10.2. The highest BCUT2D eigenvalue weighted by molar-refractivity contribution is 5.80. The minimum atomic E-state index is -0.172. The Morgan fingerprint density at radius 2 is 1.68 bits per heavy atom. The van der Waals surface area contributed by atoms with E-state index >= 15 is 0 Å². The summed E-state index contributed by atoms with van der Waals surface area (Å²) in [5.74, 6) is 0.804. The number of pyridine rings is 1. The number of urea groups is 1. The van der Waals surface area contributed by atoms with Gasteiger partial charge >= 0.3 is 6.03 Å². The molecule has 0 bridgehead atoms. The number of carbonyl (C=O) groups is 1. The number of nitrogens with zero attached hydrogens (tertiary/aromatic N) is 2. The normalized spacial score (nSPS) is 14.3. The molecule has 0 radical (unpaired) electrons. The lowest BCUT2D eigenvalue weighted by Crippen LogP contribution is -2.38. The van der Waals surface area contributed by atoms with Gasteiger partial charge in [0.05, 0.1) is 18.7 Å². The van der Waals surface area contributed by atoms with E-state index in [2.05, 4.69) is 38.0 Å². The highest BCUT2D eigenvalue weighted by Crippen LogP contribution is 2.14. The number of ether oxygens (including phenoxy) is 1. The molecule has 0 unspecified atom stereocenters. The summed E-state index contributed by atoms with van der Waals surface area (Å²) in [7, 11) is 0. The molecule has 0 spiro atoms. The van der Waals surface area contributed by atoms with Gasteiger partial charge in [0.1, 0.15) is 5.82 Å². The van der Waals surface area contributed by atoms with Gasteiger partial charge in [-0.15, -0.1) is 0 Å². The van der Waals surface area contributed by atoms with Crippen molar-refractivity contribution in [1.29, 1.82) is 0 Å². The number of morpholine rings is 1. The van der Waals surface area contributed by atoms with Gasteiger partial charge in [-0.1, -0.05) is 42.5 Å². The second-order valence-electron chi connectivity index (χ2n) is 7.58. The Bertz CT molecular complexity index is 1000. The fourth-order valence-electron chi connectivity index (χ4n) is 3.65. The largest absolute Gasteiger partial charge is 0.379 e. The minimum Gasteiger partial charge on any atom is -0.379 e. The number of anilines is 1. The number of hydrogen-bond donors (Lipinski definition) is 3. The van der Waals surface area contributed by atoms with Crippen molar-refractivity contribution in [2.75, 3.05) is 44.7 Å². The lowest BCUT2D eigenvalue weighted by molar-refractivity contribution is 0.0341. The number of rotatable bonds is 8. The molecule has 1 fully saturated rings. The third-order valence-electron chi connectivity index (χ3n) is 5.37. The molecule has 2 aromatic carbocycles. The van der Waals surface area contributed by atoms with Crippen molar-refractivity contribution in [3.8, 4) is 0 Å². The van der Waals surface area contributed by atoms with Crippen LogP contribution in [0.4, 0.5) is 10.6 Å². The number of nitrogens with one attached hydrogen (secondary N) is 3. The molecule has 3 aromatic rings. The molecule has 1 saturated heterocycles. The van der Waals surface area contributed by atoms with Crippen LogP contribution in [0, 0.1) is 0 Å². The summed E-state index contributed by atoms with van der Waals surface area (Å²) in [6.07, 6.45) is 0. The predicted molar refractivity (Wildman–Crippen MR) is 123 cm³/mol. The molecule has 7 heteroatoms. The van der Waals surface area contributed by atoms with Gasteiger partial charge < -0.3 is 20.7 Å². The summed E-state index contributed by atoms with van der Waals surface area (Å²) in [5.41, 5.74) is 3.34. The SMILES string of the molecule is O=C(NCCNc1ccc2ccccc2n1)NCc1ccccc1CN1CCOCC1. The molecule has 7 nitrogen and oxygen atoms in total. The second-order valence-corrected chi connectivity index (χ2v) is 7.58. The van der Waals surface area contributed by atoms with Crippen molar-refractivity contribution in [2.45, 2.75) is 13.1 Å². The van der Waals surface area contributed by atoms with Gasteiger partial charge in [-0.2, -0.15) is 0 Å². The third kappa shape index (κ3) is 6.16. The Morgan fingerprint density at radius 1 is 0.903 bits per heavy atom. The molecule has 1 aliphatic heterocycles. The van der Waals surface area contributed by atoms with Crippen molar-refractivity contribution in [1.82, 2.24) is 20.5 Å². The molecule has 162 valence electrons. The molecule has 0 aliphatic carbocycles. The summed E-state index contributed by atoms with van der Waals surface area (Å²) in [6.45, 7) is 5.96. The molecule has 31 heavy (non-hydrogen) atoms. The van der Waals surface area contributed by atoms with Crippen LogP contribution in [0.1, 0.15) is 11.1 Å². The van der Waals surface area contributed by atoms with Crippen LogP contribution in [0.2, 0.25) is 0 Å². The van der Waals surface area contributed by atoms with E-state index in [1.54, 1.807) is 0 Å². The zero-order valence-electron chi connectivity index (χ0n) is 17.6. The summed E-state index contributed by atoms with van der Waals surface area (Å²) < 4.78 is 5.42. The van der Waals surface area contributed by atoms with E-state index in [1.807, 2.05) is 48.5 Å². The van der Waals surface area contributed by atoms with E-state index in [1.165, 1.54) is 5.56 Å². The van der Waals surface area contributed by atoms with Gasteiger partial charge in [0.2, 0.25) is 0 Å². The Hall–Kier alpha value is -3.16. The number of carbonyl (C=O) groups excluding carboxylic acids is 1. The van der Waals surface area contributed by atoms with Gasteiger partial charge in [-0.3, -0.25) is 4.90 Å². The zero-order valence-corrected chi connectivity index (χ0v) is 17.6. The summed E-state index contributed by atoms with van der Waals surface area (Å²) in [6, 6.07) is 20.1. The quantitative estimate of drug-likeness (QED) is 0.489. The number of amides is 2. The first kappa shape index (κ1) is 21.1. The Balaban J connectivity index is 1.19. The molecular weight excluding hydrogens is 390 g/mol. The van der Waals surface area contributed by atoms with E-state index in [0.717, 1.165) is 55.1 Å². The van der Waals surface area contributed by atoms with E-state index < -0.39 is 0 Å². The first-order valence-electron chi connectivity index (χ1n) is 10.8. The predicted octanol–water partition coefficient (Wildman–Crippen LogP) is 2.98. The fraction of sp³-hybridized carbons (Fsp3) is 0.333. The fourth-order valence-corrected chi connectivity index (χ4v) is 3.65. The Morgan fingerprint density at radius 3 is 2.55 bits per heavy atom. The molecule has 3 N–H and O–H groups in total. The van der Waals surface area contributed by atoms with Gasteiger partial charge in [0.25, 0.3) is 0 Å². The van der Waals surface area contributed by atoms with Gasteiger partial charge in [0, 0.05) is 44.7 Å². The molecular formula is C24H29N5O2. The van der Waals surface area contributed by atoms with Crippen molar-refractivity contribution >= 4 is 22.8 Å². The molecule has 0 saturated carbocycles. The minimum absolute atomic E-state index is 0.172. The molecule has 2 amide bonds. The Labute approximate surface area is 182 Å². The first-order valence-corrected chi connectivity index (χ1v) is 10.8. The maximum absolute atomic E-state index is 12.2. The molecule has 0 atom stereocenters. The number of aromatic nitrogens is 1. The number of para-hydroxylation sites is 1. The highest BCUT2D eigenvalue weighted by atomic mass is 16.5. The molecule has 1 aromatic heterocycles. The summed E-state index contributed by atoms with van der Waals surface area (Å²) >= 11 is 0. The third-order valence-corrected chi connectivity index (χ3v) is 5.37. The highest BCUT2D eigenvalue weighted by Gasteiger charge is 2.13. The van der Waals surface area contributed by atoms with E-state index in [0.29, 0.717) is 19.6 Å². The van der Waals surface area contributed by atoms with Gasteiger partial charge in [0.15, 0.2) is 0 Å². The monoisotopic (exact) mass is 419 g/mol. The zero-order chi connectivity index (χ0) is 21.3. The molecule has 4 rings (SSSR count). The van der Waals surface area contributed by atoms with Gasteiger partial charge in [-0.05, 0) is 29.3 Å². The topological polar surface area (TPSA) is 78.5 Å². The number of fused-ring (bicyclic) bond motifs is 1. The van der Waals surface area contributed by atoms with Crippen LogP contribution in [0.3, 0.4) is 0 Å². The van der Waals surface area contributed by atoms with Crippen LogP contribution in [0.15, 0.2) is 60.7 Å². The van der Waals surface area contributed by atoms with E-state index in [-0.39, 0.29) is 6.03 Å². The van der Waals surface area contributed by atoms with Crippen LogP contribution in [-0.4, -0.2) is 55.3 Å². The van der Waals surface area contributed by atoms with E-state index in [4.69, 9.17) is 4.74 Å². The van der Waals surface area contributed by atoms with Crippen LogP contribution in [-0.2, 0) is 17.8 Å². The average Bonchev–Trinajstić information content (AvgIpc) is 2.82. The van der Waals surface area contributed by atoms with Gasteiger partial charge in [-0.25, -0.2) is 9.78 Å². The first-order chi connectivity index (χ1) is 15.3. The maximum Gasteiger partial charge on any atom is 0.315 e. The van der Waals surface area contributed by atoms with Crippen LogP contribution in [0.5, 0.6) is 0 Å². The molecule has 1 aliphatic rings. The van der Waals surface area contributed by atoms with Crippen molar-refractivity contribution in [2.24, 2.45) is 0 Å². The van der Waals surface area contributed by atoms with E-state index in [9.17, 15) is 4.79 Å². The lowest BCUT2D eigenvalue weighted by Gasteiger charge is -2.27. The Kier molecular flexibility index (Phi) is 7.31. The average molecular weight is 420 g/mol. The smallest absolute Gasteiger partial charge is 0.315 e. The van der Waals surface area contributed by atoms with Crippen LogP contribution < -0.4 is 16.0 Å². The van der Waals surface area contributed by atoms with Crippen molar-refractivity contribution < 1.29 is 9.53 Å². The summed E-state index contributed by atoms with van der Waals surface area (Å²) in [4.78, 5) is 19.2. The second kappa shape index (κ2) is 10.7.